The largest absolute Gasteiger partial charge is 0.299 e. The summed E-state index contributed by atoms with van der Waals surface area (Å²) >= 11 is 0. The minimum absolute atomic E-state index is 0.171. The zero-order chi connectivity index (χ0) is 12.3. The summed E-state index contributed by atoms with van der Waals surface area (Å²) in [7, 11) is -1.19. The van der Waals surface area contributed by atoms with Crippen LogP contribution in [0, 0.1) is 5.92 Å². The van der Waals surface area contributed by atoms with Crippen LogP contribution in [0.25, 0.3) is 0 Å². The summed E-state index contributed by atoms with van der Waals surface area (Å²) in [6.07, 6.45) is 8.54. The van der Waals surface area contributed by atoms with Crippen molar-refractivity contribution in [2.75, 3.05) is 6.26 Å². The molecule has 0 aromatic carbocycles. The number of carbonyl (C=O) groups is 1. The molecule has 6 heteroatoms. The lowest BCUT2D eigenvalue weighted by Crippen LogP contribution is -2.23. The molecule has 1 aromatic rings. The molecule has 1 saturated carbocycles. The van der Waals surface area contributed by atoms with E-state index in [1.165, 1.54) is 12.7 Å². The summed E-state index contributed by atoms with van der Waals surface area (Å²) in [5.41, 5.74) is 0. The molecule has 0 radical (unpaired) electrons. The first-order valence-electron chi connectivity index (χ1n) is 5.92. The van der Waals surface area contributed by atoms with E-state index in [-0.39, 0.29) is 18.2 Å². The molecule has 2 rings (SSSR count). The predicted octanol–water partition coefficient (Wildman–Crippen LogP) is 1.16. The maximum absolute atomic E-state index is 12.1. The van der Waals surface area contributed by atoms with E-state index in [0.717, 1.165) is 25.7 Å². The molecule has 0 unspecified atom stereocenters. The van der Waals surface area contributed by atoms with Crippen LogP contribution in [0.4, 0.5) is 0 Å². The standard InChI is InChI=1S/C11H17N3O2S/c1-17(16)11-13-12-8-14(11)7-10(15)9-5-3-2-4-6-9/h8-9H,2-7H2,1H3/t17-/m1/s1. The van der Waals surface area contributed by atoms with Crippen molar-refractivity contribution in [1.29, 1.82) is 0 Å². The van der Waals surface area contributed by atoms with Crippen LogP contribution in [-0.2, 0) is 22.1 Å². The van der Waals surface area contributed by atoms with Crippen molar-refractivity contribution in [1.82, 2.24) is 14.8 Å². The van der Waals surface area contributed by atoms with Crippen molar-refractivity contribution in [3.05, 3.63) is 6.33 Å². The first-order valence-corrected chi connectivity index (χ1v) is 7.48. The number of Topliss-reactive ketones (excluding diaryl/α,β-unsaturated/α-hetero) is 1. The number of hydrogen-bond donors (Lipinski definition) is 0. The van der Waals surface area contributed by atoms with E-state index in [0.29, 0.717) is 5.16 Å². The fourth-order valence-corrected chi connectivity index (χ4v) is 2.90. The Hall–Kier alpha value is -1.04. The molecule has 1 aliphatic carbocycles. The fourth-order valence-electron chi connectivity index (χ4n) is 2.30. The van der Waals surface area contributed by atoms with Gasteiger partial charge in [-0.25, -0.2) is 0 Å². The summed E-state index contributed by atoms with van der Waals surface area (Å²) in [5, 5.41) is 7.87. The molecule has 1 fully saturated rings. The second-order valence-corrected chi connectivity index (χ2v) is 5.77. The second-order valence-electron chi connectivity index (χ2n) is 4.50. The average Bonchev–Trinajstić information content (AvgIpc) is 2.78. The van der Waals surface area contributed by atoms with Gasteiger partial charge in [-0.05, 0) is 12.8 Å². The molecule has 0 spiro atoms. The van der Waals surface area contributed by atoms with E-state index in [9.17, 15) is 9.00 Å². The summed E-state index contributed by atoms with van der Waals surface area (Å²) in [6.45, 7) is 0.257. The molecular weight excluding hydrogens is 238 g/mol. The molecule has 1 heterocycles. The van der Waals surface area contributed by atoms with Gasteiger partial charge in [-0.2, -0.15) is 0 Å². The average molecular weight is 255 g/mol. The monoisotopic (exact) mass is 255 g/mol. The smallest absolute Gasteiger partial charge is 0.221 e. The van der Waals surface area contributed by atoms with Gasteiger partial charge in [0.15, 0.2) is 5.78 Å². The molecule has 17 heavy (non-hydrogen) atoms. The normalized spacial score (nSPS) is 19.1. The minimum atomic E-state index is -1.19. The van der Waals surface area contributed by atoms with Crippen molar-refractivity contribution < 1.29 is 9.00 Å². The van der Waals surface area contributed by atoms with Crippen molar-refractivity contribution in [3.8, 4) is 0 Å². The molecule has 5 nitrogen and oxygen atoms in total. The molecular formula is C11H17N3O2S. The van der Waals surface area contributed by atoms with E-state index in [1.807, 2.05) is 0 Å². The fraction of sp³-hybridized carbons (Fsp3) is 0.727. The van der Waals surface area contributed by atoms with E-state index in [1.54, 1.807) is 10.8 Å². The quantitative estimate of drug-likeness (QED) is 0.810. The number of aromatic nitrogens is 3. The van der Waals surface area contributed by atoms with Gasteiger partial charge < -0.3 is 0 Å². The Morgan fingerprint density at radius 1 is 1.47 bits per heavy atom. The highest BCUT2D eigenvalue weighted by molar-refractivity contribution is 7.84. The van der Waals surface area contributed by atoms with E-state index < -0.39 is 10.8 Å². The van der Waals surface area contributed by atoms with Crippen LogP contribution in [0.1, 0.15) is 32.1 Å². The van der Waals surface area contributed by atoms with Crippen LogP contribution in [0.5, 0.6) is 0 Å². The van der Waals surface area contributed by atoms with Crippen LogP contribution in [-0.4, -0.2) is 31.0 Å². The Bertz CT molecular complexity index is 424. The Balaban J connectivity index is 2.02. The zero-order valence-electron chi connectivity index (χ0n) is 9.96. The number of ketones is 1. The molecule has 1 aromatic heterocycles. The molecule has 1 atom stereocenters. The van der Waals surface area contributed by atoms with Gasteiger partial charge in [-0.1, -0.05) is 19.3 Å². The zero-order valence-corrected chi connectivity index (χ0v) is 10.8. The van der Waals surface area contributed by atoms with Gasteiger partial charge in [0.25, 0.3) is 0 Å². The number of nitrogens with zero attached hydrogens (tertiary/aromatic N) is 3. The molecule has 0 amide bonds. The Labute approximate surface area is 103 Å². The Morgan fingerprint density at radius 3 is 2.82 bits per heavy atom. The molecule has 0 bridgehead atoms. The topological polar surface area (TPSA) is 64.8 Å². The second kappa shape index (κ2) is 5.53. The van der Waals surface area contributed by atoms with E-state index in [2.05, 4.69) is 10.2 Å². The number of carbonyl (C=O) groups excluding carboxylic acids is 1. The van der Waals surface area contributed by atoms with Gasteiger partial charge in [-0.3, -0.25) is 13.6 Å². The molecule has 0 saturated heterocycles. The highest BCUT2D eigenvalue weighted by Gasteiger charge is 2.22. The summed E-state index contributed by atoms with van der Waals surface area (Å²) in [6, 6.07) is 0. The molecule has 0 aliphatic heterocycles. The van der Waals surface area contributed by atoms with Crippen molar-refractivity contribution in [2.24, 2.45) is 5.92 Å². The van der Waals surface area contributed by atoms with Crippen LogP contribution in [0.15, 0.2) is 11.5 Å². The van der Waals surface area contributed by atoms with Crippen LogP contribution >= 0.6 is 0 Å². The van der Waals surface area contributed by atoms with Gasteiger partial charge in [0.05, 0.1) is 17.3 Å². The van der Waals surface area contributed by atoms with Crippen molar-refractivity contribution in [3.63, 3.8) is 0 Å². The van der Waals surface area contributed by atoms with E-state index >= 15 is 0 Å². The van der Waals surface area contributed by atoms with Gasteiger partial charge >= 0.3 is 0 Å². The third-order valence-electron chi connectivity index (χ3n) is 3.22. The summed E-state index contributed by atoms with van der Waals surface area (Å²) in [5.74, 6) is 0.389. The first kappa shape index (κ1) is 12.4. The van der Waals surface area contributed by atoms with Crippen molar-refractivity contribution in [2.45, 2.75) is 43.8 Å². The predicted molar refractivity (Wildman–Crippen MR) is 63.9 cm³/mol. The third-order valence-corrected chi connectivity index (χ3v) is 4.05. The SMILES string of the molecule is C[S@@](=O)c1nncn1CC(=O)C1CCCCC1. The van der Waals surface area contributed by atoms with Gasteiger partial charge in [-0.15, -0.1) is 10.2 Å². The van der Waals surface area contributed by atoms with Crippen LogP contribution < -0.4 is 0 Å². The first-order chi connectivity index (χ1) is 8.18. The highest BCUT2D eigenvalue weighted by Crippen LogP contribution is 2.24. The molecule has 1 aliphatic rings. The van der Waals surface area contributed by atoms with Gasteiger partial charge in [0, 0.05) is 12.2 Å². The van der Waals surface area contributed by atoms with Crippen LogP contribution in [0.3, 0.4) is 0 Å². The molecule has 0 N–H and O–H groups in total. The summed E-state index contributed by atoms with van der Waals surface area (Å²) in [4.78, 5) is 12.1. The highest BCUT2D eigenvalue weighted by atomic mass is 32.2. The maximum atomic E-state index is 12.1. The Kier molecular flexibility index (Phi) is 4.04. The summed E-state index contributed by atoms with van der Waals surface area (Å²) < 4.78 is 13.0. The number of rotatable bonds is 4. The molecule has 94 valence electrons. The van der Waals surface area contributed by atoms with Crippen LogP contribution in [0.2, 0.25) is 0 Å². The third kappa shape index (κ3) is 3.00. The lowest BCUT2D eigenvalue weighted by atomic mass is 9.86. The Morgan fingerprint density at radius 2 is 2.18 bits per heavy atom. The maximum Gasteiger partial charge on any atom is 0.221 e. The van der Waals surface area contributed by atoms with Gasteiger partial charge in [0.2, 0.25) is 5.16 Å². The van der Waals surface area contributed by atoms with E-state index in [4.69, 9.17) is 0 Å². The van der Waals surface area contributed by atoms with Crippen molar-refractivity contribution >= 4 is 16.6 Å². The minimum Gasteiger partial charge on any atom is -0.299 e. The van der Waals surface area contributed by atoms with Gasteiger partial charge in [0.1, 0.15) is 6.33 Å². The lowest BCUT2D eigenvalue weighted by molar-refractivity contribution is -0.124. The lowest BCUT2D eigenvalue weighted by Gasteiger charge is -2.20. The number of hydrogen-bond acceptors (Lipinski definition) is 4.